The van der Waals surface area contributed by atoms with Gasteiger partial charge in [-0.2, -0.15) is 9.78 Å². The molecular weight excluding hydrogens is 158 g/mol. The zero-order valence-corrected chi connectivity index (χ0v) is 6.70. The van der Waals surface area contributed by atoms with Gasteiger partial charge in [0.25, 0.3) is 0 Å². The second-order valence-electron chi connectivity index (χ2n) is 2.60. The molecule has 1 aliphatic heterocycles. The van der Waals surface area contributed by atoms with Crippen LogP contribution in [0.2, 0.25) is 0 Å². The number of methoxy groups -OCH3 is 1. The molecule has 5 nitrogen and oxygen atoms in total. The topological polar surface area (TPSA) is 56.2 Å². The summed E-state index contributed by atoms with van der Waals surface area (Å²) in [5.74, 6) is 0. The van der Waals surface area contributed by atoms with Gasteiger partial charge in [0.2, 0.25) is 0 Å². The molecule has 1 aliphatic rings. The molecule has 2 heterocycles. The van der Waals surface area contributed by atoms with Crippen molar-refractivity contribution in [2.45, 2.75) is 13.1 Å². The maximum absolute atomic E-state index is 11.1. The number of nitrogens with one attached hydrogen (secondary N) is 1. The molecule has 0 saturated heterocycles. The molecule has 0 unspecified atom stereocenters. The highest BCUT2D eigenvalue weighted by Gasteiger charge is 2.19. The van der Waals surface area contributed by atoms with E-state index in [1.54, 1.807) is 6.20 Å². The van der Waals surface area contributed by atoms with Crippen LogP contribution in [0.1, 0.15) is 11.3 Å². The van der Waals surface area contributed by atoms with Crippen molar-refractivity contribution >= 4 is 6.09 Å². The van der Waals surface area contributed by atoms with E-state index in [1.165, 1.54) is 11.8 Å². The normalized spacial score (nSPS) is 14.4. The average molecular weight is 167 g/mol. The molecule has 1 aromatic rings. The Morgan fingerprint density at radius 3 is 3.33 bits per heavy atom. The highest BCUT2D eigenvalue weighted by Crippen LogP contribution is 2.13. The van der Waals surface area contributed by atoms with Crippen molar-refractivity contribution < 1.29 is 9.53 Å². The zero-order valence-electron chi connectivity index (χ0n) is 6.70. The number of ether oxygens (including phenoxy) is 1. The lowest BCUT2D eigenvalue weighted by Gasteiger charge is -2.00. The fraction of sp³-hybridized carbons (Fsp3) is 0.429. The SMILES string of the molecule is COC(=O)n1ncc2c1CNC2. The summed E-state index contributed by atoms with van der Waals surface area (Å²) in [6, 6.07) is 0. The summed E-state index contributed by atoms with van der Waals surface area (Å²) in [6.45, 7) is 1.47. The van der Waals surface area contributed by atoms with Crippen molar-refractivity contribution in [2.75, 3.05) is 7.11 Å². The molecule has 0 aromatic carbocycles. The van der Waals surface area contributed by atoms with E-state index in [1.807, 2.05) is 0 Å². The highest BCUT2D eigenvalue weighted by molar-refractivity contribution is 5.70. The third-order valence-electron chi connectivity index (χ3n) is 1.91. The molecule has 1 N–H and O–H groups in total. The van der Waals surface area contributed by atoms with Gasteiger partial charge < -0.3 is 10.1 Å². The Balaban J connectivity index is 2.39. The zero-order chi connectivity index (χ0) is 8.55. The smallest absolute Gasteiger partial charge is 0.434 e. The Bertz CT molecular complexity index is 318. The number of fused-ring (bicyclic) bond motifs is 1. The quantitative estimate of drug-likeness (QED) is 0.595. The summed E-state index contributed by atoms with van der Waals surface area (Å²) in [5.41, 5.74) is 1.97. The highest BCUT2D eigenvalue weighted by atomic mass is 16.5. The Morgan fingerprint density at radius 2 is 2.58 bits per heavy atom. The number of carbonyl (C=O) groups excluding carboxylic acids is 1. The fourth-order valence-electron chi connectivity index (χ4n) is 1.30. The molecule has 0 saturated carbocycles. The molecule has 12 heavy (non-hydrogen) atoms. The van der Waals surface area contributed by atoms with Crippen LogP contribution in [0.25, 0.3) is 0 Å². The number of carbonyl (C=O) groups is 1. The van der Waals surface area contributed by atoms with Crippen molar-refractivity contribution in [3.05, 3.63) is 17.5 Å². The summed E-state index contributed by atoms with van der Waals surface area (Å²) in [4.78, 5) is 11.1. The lowest BCUT2D eigenvalue weighted by Crippen LogP contribution is -2.17. The van der Waals surface area contributed by atoms with Crippen LogP contribution >= 0.6 is 0 Å². The molecule has 0 aliphatic carbocycles. The van der Waals surface area contributed by atoms with Gasteiger partial charge in [-0.25, -0.2) is 4.79 Å². The van der Waals surface area contributed by atoms with Crippen LogP contribution in [-0.2, 0) is 17.8 Å². The van der Waals surface area contributed by atoms with E-state index in [-0.39, 0.29) is 0 Å². The Hall–Kier alpha value is -1.36. The maximum Gasteiger partial charge on any atom is 0.434 e. The van der Waals surface area contributed by atoms with Crippen LogP contribution in [0.4, 0.5) is 4.79 Å². The minimum Gasteiger partial charge on any atom is -0.451 e. The second-order valence-corrected chi connectivity index (χ2v) is 2.60. The van der Waals surface area contributed by atoms with E-state index in [2.05, 4.69) is 15.2 Å². The van der Waals surface area contributed by atoms with Crippen LogP contribution in [0.3, 0.4) is 0 Å². The monoisotopic (exact) mass is 167 g/mol. The van der Waals surface area contributed by atoms with E-state index in [9.17, 15) is 4.79 Å². The number of rotatable bonds is 0. The number of hydrogen-bond acceptors (Lipinski definition) is 4. The first kappa shape index (κ1) is 7.30. The fourth-order valence-corrected chi connectivity index (χ4v) is 1.30. The Kier molecular flexibility index (Phi) is 1.58. The summed E-state index contributed by atoms with van der Waals surface area (Å²) in [7, 11) is 1.35. The average Bonchev–Trinajstić information content (AvgIpc) is 2.62. The third kappa shape index (κ3) is 0.902. The second kappa shape index (κ2) is 2.60. The molecule has 0 spiro atoms. The molecule has 0 radical (unpaired) electrons. The Morgan fingerprint density at radius 1 is 1.75 bits per heavy atom. The van der Waals surface area contributed by atoms with Gasteiger partial charge in [0.05, 0.1) is 19.0 Å². The van der Waals surface area contributed by atoms with Crippen LogP contribution in [-0.4, -0.2) is 23.0 Å². The van der Waals surface area contributed by atoms with Crippen molar-refractivity contribution in [2.24, 2.45) is 0 Å². The van der Waals surface area contributed by atoms with Crippen molar-refractivity contribution in [1.29, 1.82) is 0 Å². The minimum atomic E-state index is -0.431. The predicted octanol–water partition coefficient (Wildman–Crippen LogP) is 0.101. The first-order valence-electron chi connectivity index (χ1n) is 3.67. The van der Waals surface area contributed by atoms with E-state index >= 15 is 0 Å². The van der Waals surface area contributed by atoms with Crippen LogP contribution < -0.4 is 5.32 Å². The number of nitrogens with zero attached hydrogens (tertiary/aromatic N) is 2. The summed E-state index contributed by atoms with van der Waals surface area (Å²) >= 11 is 0. The van der Waals surface area contributed by atoms with Crippen molar-refractivity contribution in [3.8, 4) is 0 Å². The van der Waals surface area contributed by atoms with Gasteiger partial charge in [0.1, 0.15) is 0 Å². The molecule has 0 amide bonds. The van der Waals surface area contributed by atoms with Gasteiger partial charge in [-0.05, 0) is 0 Å². The molecule has 1 aromatic heterocycles. The van der Waals surface area contributed by atoms with Gasteiger partial charge in [-0.3, -0.25) is 0 Å². The predicted molar refractivity (Wildman–Crippen MR) is 40.6 cm³/mol. The number of aromatic nitrogens is 2. The maximum atomic E-state index is 11.1. The third-order valence-corrected chi connectivity index (χ3v) is 1.91. The van der Waals surface area contributed by atoms with E-state index in [0.29, 0.717) is 6.54 Å². The van der Waals surface area contributed by atoms with E-state index in [0.717, 1.165) is 17.8 Å². The molecule has 0 fully saturated rings. The van der Waals surface area contributed by atoms with Crippen LogP contribution in [0.5, 0.6) is 0 Å². The molecule has 64 valence electrons. The first-order valence-corrected chi connectivity index (χ1v) is 3.67. The van der Waals surface area contributed by atoms with Gasteiger partial charge in [0.15, 0.2) is 0 Å². The molecular formula is C7H9N3O2. The van der Waals surface area contributed by atoms with Crippen molar-refractivity contribution in [3.63, 3.8) is 0 Å². The largest absolute Gasteiger partial charge is 0.451 e. The van der Waals surface area contributed by atoms with Gasteiger partial charge in [0, 0.05) is 18.7 Å². The van der Waals surface area contributed by atoms with Gasteiger partial charge in [-0.15, -0.1) is 0 Å². The summed E-state index contributed by atoms with van der Waals surface area (Å²) in [6.07, 6.45) is 1.26. The standard InChI is InChI=1S/C7H9N3O2/c1-12-7(11)10-6-4-8-2-5(6)3-9-10/h3,8H,2,4H2,1H3. The summed E-state index contributed by atoms with van der Waals surface area (Å²) < 4.78 is 5.84. The van der Waals surface area contributed by atoms with Gasteiger partial charge >= 0.3 is 6.09 Å². The first-order chi connectivity index (χ1) is 5.83. The molecule has 0 atom stereocenters. The van der Waals surface area contributed by atoms with E-state index < -0.39 is 6.09 Å². The minimum absolute atomic E-state index is 0.431. The molecule has 0 bridgehead atoms. The Labute approximate surface area is 69.3 Å². The van der Waals surface area contributed by atoms with Crippen LogP contribution in [0.15, 0.2) is 6.20 Å². The number of hydrogen-bond donors (Lipinski definition) is 1. The lowest BCUT2D eigenvalue weighted by molar-refractivity contribution is 0.168. The lowest BCUT2D eigenvalue weighted by atomic mass is 10.3. The van der Waals surface area contributed by atoms with Crippen LogP contribution in [0, 0.1) is 0 Å². The van der Waals surface area contributed by atoms with E-state index in [4.69, 9.17) is 0 Å². The molecule has 5 heteroatoms. The molecule has 2 rings (SSSR count). The van der Waals surface area contributed by atoms with Gasteiger partial charge in [-0.1, -0.05) is 0 Å². The van der Waals surface area contributed by atoms with Crippen molar-refractivity contribution in [1.82, 2.24) is 15.1 Å². The summed E-state index contributed by atoms with van der Waals surface area (Å²) in [5, 5.41) is 7.03.